The quantitative estimate of drug-likeness (QED) is 0.515. The van der Waals surface area contributed by atoms with E-state index in [1.54, 1.807) is 12.1 Å². The SMILES string of the molecule is Cc1ccccc1-c1cc(-c2ccccc2F)c2cc(Cl)ccc2n1.[Cl-]. The average molecular weight is 383 g/mol. The Bertz CT molecular complexity index is 1090. The highest BCUT2D eigenvalue weighted by Crippen LogP contribution is 2.35. The Morgan fingerprint density at radius 2 is 1.50 bits per heavy atom. The Morgan fingerprint density at radius 3 is 2.23 bits per heavy atom. The summed E-state index contributed by atoms with van der Waals surface area (Å²) in [4.78, 5) is 4.78. The van der Waals surface area contributed by atoms with Gasteiger partial charge >= 0.3 is 0 Å². The first-order valence-electron chi connectivity index (χ1n) is 8.05. The van der Waals surface area contributed by atoms with Gasteiger partial charge in [0.2, 0.25) is 0 Å². The molecule has 3 aromatic carbocycles. The lowest BCUT2D eigenvalue weighted by molar-refractivity contribution is -0.00000543. The molecule has 1 heterocycles. The first-order chi connectivity index (χ1) is 12.1. The van der Waals surface area contributed by atoms with Gasteiger partial charge in [-0.15, -0.1) is 0 Å². The minimum Gasteiger partial charge on any atom is -1.00 e. The number of halogens is 3. The summed E-state index contributed by atoms with van der Waals surface area (Å²) in [6.45, 7) is 2.05. The molecule has 0 aliphatic heterocycles. The lowest BCUT2D eigenvalue weighted by Gasteiger charge is -2.12. The highest BCUT2D eigenvalue weighted by molar-refractivity contribution is 6.31. The molecule has 0 aliphatic carbocycles. The van der Waals surface area contributed by atoms with Crippen LogP contribution in [0.15, 0.2) is 72.8 Å². The third-order valence-corrected chi connectivity index (χ3v) is 4.59. The van der Waals surface area contributed by atoms with E-state index in [4.69, 9.17) is 16.6 Å². The fourth-order valence-corrected chi connectivity index (χ4v) is 3.27. The van der Waals surface area contributed by atoms with Gasteiger partial charge in [0.25, 0.3) is 0 Å². The van der Waals surface area contributed by atoms with Crippen LogP contribution in [0.1, 0.15) is 5.56 Å². The maximum absolute atomic E-state index is 14.5. The van der Waals surface area contributed by atoms with Gasteiger partial charge in [0.05, 0.1) is 11.2 Å². The van der Waals surface area contributed by atoms with Crippen molar-refractivity contribution in [2.75, 3.05) is 0 Å². The normalized spacial score (nSPS) is 10.6. The van der Waals surface area contributed by atoms with Crippen LogP contribution in [0.25, 0.3) is 33.3 Å². The number of rotatable bonds is 2. The molecule has 0 fully saturated rings. The van der Waals surface area contributed by atoms with E-state index in [1.807, 2.05) is 61.5 Å². The van der Waals surface area contributed by atoms with Crippen molar-refractivity contribution in [1.29, 1.82) is 0 Å². The lowest BCUT2D eigenvalue weighted by Crippen LogP contribution is -3.00. The summed E-state index contributed by atoms with van der Waals surface area (Å²) >= 11 is 6.18. The van der Waals surface area contributed by atoms with Crippen molar-refractivity contribution in [2.45, 2.75) is 6.92 Å². The molecule has 0 unspecified atom stereocenters. The van der Waals surface area contributed by atoms with Crippen LogP contribution in [0.4, 0.5) is 4.39 Å². The molecule has 0 saturated heterocycles. The zero-order chi connectivity index (χ0) is 17.4. The maximum atomic E-state index is 14.5. The summed E-state index contributed by atoms with van der Waals surface area (Å²) in [5.41, 5.74) is 5.13. The third-order valence-electron chi connectivity index (χ3n) is 4.36. The van der Waals surface area contributed by atoms with E-state index in [-0.39, 0.29) is 18.2 Å². The number of hydrogen-bond donors (Lipinski definition) is 0. The molecule has 0 saturated carbocycles. The van der Waals surface area contributed by atoms with Crippen molar-refractivity contribution in [3.63, 3.8) is 0 Å². The van der Waals surface area contributed by atoms with E-state index >= 15 is 0 Å². The van der Waals surface area contributed by atoms with E-state index in [0.717, 1.165) is 33.3 Å². The molecule has 26 heavy (non-hydrogen) atoms. The fourth-order valence-electron chi connectivity index (χ4n) is 3.10. The van der Waals surface area contributed by atoms with Gasteiger partial charge in [0.1, 0.15) is 5.82 Å². The summed E-state index contributed by atoms with van der Waals surface area (Å²) in [6, 6.07) is 22.3. The Hall–Kier alpha value is -2.42. The summed E-state index contributed by atoms with van der Waals surface area (Å²) in [6.07, 6.45) is 0. The van der Waals surface area contributed by atoms with Crippen LogP contribution >= 0.6 is 11.6 Å². The van der Waals surface area contributed by atoms with E-state index in [9.17, 15) is 4.39 Å². The third kappa shape index (κ3) is 3.31. The monoisotopic (exact) mass is 382 g/mol. The zero-order valence-corrected chi connectivity index (χ0v) is 15.5. The highest BCUT2D eigenvalue weighted by atomic mass is 35.5. The zero-order valence-electron chi connectivity index (χ0n) is 14.0. The van der Waals surface area contributed by atoms with Crippen molar-refractivity contribution in [3.05, 3.63) is 89.2 Å². The van der Waals surface area contributed by atoms with Crippen molar-refractivity contribution in [2.24, 2.45) is 0 Å². The minimum atomic E-state index is -0.259. The maximum Gasteiger partial charge on any atom is 0.131 e. The van der Waals surface area contributed by atoms with Crippen molar-refractivity contribution < 1.29 is 16.8 Å². The molecule has 0 N–H and O–H groups in total. The number of nitrogens with zero attached hydrogens (tertiary/aromatic N) is 1. The van der Waals surface area contributed by atoms with Crippen molar-refractivity contribution >= 4 is 22.5 Å². The number of pyridine rings is 1. The number of fused-ring (bicyclic) bond motifs is 1. The summed E-state index contributed by atoms with van der Waals surface area (Å²) in [5.74, 6) is -0.259. The second-order valence-electron chi connectivity index (χ2n) is 6.01. The molecule has 0 radical (unpaired) electrons. The highest BCUT2D eigenvalue weighted by Gasteiger charge is 2.13. The predicted octanol–water partition coefficient (Wildman–Crippen LogP) is 3.67. The van der Waals surface area contributed by atoms with Gasteiger partial charge in [0, 0.05) is 21.5 Å². The van der Waals surface area contributed by atoms with Gasteiger partial charge < -0.3 is 12.4 Å². The van der Waals surface area contributed by atoms with Crippen LogP contribution in [0.3, 0.4) is 0 Å². The fraction of sp³-hybridized carbons (Fsp3) is 0.0455. The van der Waals surface area contributed by atoms with Gasteiger partial charge in [-0.25, -0.2) is 9.37 Å². The Morgan fingerprint density at radius 1 is 0.808 bits per heavy atom. The Kier molecular flexibility index (Phi) is 5.26. The summed E-state index contributed by atoms with van der Waals surface area (Å²) in [7, 11) is 0. The molecule has 4 rings (SSSR count). The van der Waals surface area contributed by atoms with Crippen molar-refractivity contribution in [3.8, 4) is 22.4 Å². The molecule has 130 valence electrons. The van der Waals surface area contributed by atoms with Crippen LogP contribution in [0.5, 0.6) is 0 Å². The van der Waals surface area contributed by atoms with E-state index in [2.05, 4.69) is 0 Å². The average Bonchev–Trinajstić information content (AvgIpc) is 2.62. The van der Waals surface area contributed by atoms with Gasteiger partial charge in [-0.05, 0) is 48.4 Å². The lowest BCUT2D eigenvalue weighted by atomic mass is 9.96. The van der Waals surface area contributed by atoms with E-state index < -0.39 is 0 Å². The number of aromatic nitrogens is 1. The number of aryl methyl sites for hydroxylation is 1. The standard InChI is InChI=1S/C22H15ClFN.ClH/c1-14-6-2-3-7-16(14)22-13-18(17-8-4-5-9-20(17)24)19-12-15(23)10-11-21(19)25-22;/h2-13H,1H3;1H/p-1. The second-order valence-corrected chi connectivity index (χ2v) is 6.45. The predicted molar refractivity (Wildman–Crippen MR) is 102 cm³/mol. The van der Waals surface area contributed by atoms with Gasteiger partial charge in [-0.2, -0.15) is 0 Å². The molecule has 0 aliphatic rings. The molecular weight excluding hydrogens is 368 g/mol. The van der Waals surface area contributed by atoms with Gasteiger partial charge in [0.15, 0.2) is 0 Å². The Labute approximate surface area is 162 Å². The van der Waals surface area contributed by atoms with E-state index in [1.165, 1.54) is 6.07 Å². The summed E-state index contributed by atoms with van der Waals surface area (Å²) in [5, 5.41) is 1.45. The van der Waals surface area contributed by atoms with Gasteiger partial charge in [-0.3, -0.25) is 0 Å². The first-order valence-corrected chi connectivity index (χ1v) is 8.42. The van der Waals surface area contributed by atoms with Crippen LogP contribution < -0.4 is 12.4 Å². The van der Waals surface area contributed by atoms with Crippen LogP contribution in [-0.4, -0.2) is 4.98 Å². The van der Waals surface area contributed by atoms with Crippen LogP contribution in [0, 0.1) is 12.7 Å². The first kappa shape index (κ1) is 18.4. The van der Waals surface area contributed by atoms with Crippen LogP contribution in [-0.2, 0) is 0 Å². The Balaban J connectivity index is 0.00000196. The number of hydrogen-bond acceptors (Lipinski definition) is 1. The van der Waals surface area contributed by atoms with Crippen molar-refractivity contribution in [1.82, 2.24) is 4.98 Å². The molecule has 1 aromatic heterocycles. The topological polar surface area (TPSA) is 12.9 Å². The number of benzene rings is 3. The van der Waals surface area contributed by atoms with Crippen LogP contribution in [0.2, 0.25) is 5.02 Å². The largest absolute Gasteiger partial charge is 1.00 e. The molecule has 0 atom stereocenters. The second kappa shape index (κ2) is 7.45. The molecule has 0 amide bonds. The molecule has 0 bridgehead atoms. The smallest absolute Gasteiger partial charge is 0.131 e. The molecule has 1 nitrogen and oxygen atoms in total. The summed E-state index contributed by atoms with van der Waals surface area (Å²) < 4.78 is 14.5. The van der Waals surface area contributed by atoms with E-state index in [0.29, 0.717) is 10.6 Å². The molecule has 4 aromatic rings. The minimum absolute atomic E-state index is 0. The van der Waals surface area contributed by atoms with Gasteiger partial charge in [-0.1, -0.05) is 54.1 Å². The molecule has 0 spiro atoms. The molecule has 4 heteroatoms. The molecular formula is C22H15Cl2FN-.